The average Bonchev–Trinajstić information content (AvgIpc) is 3.78. The summed E-state index contributed by atoms with van der Waals surface area (Å²) in [6.07, 6.45) is 2.18. The van der Waals surface area contributed by atoms with E-state index in [4.69, 9.17) is 9.97 Å². The average molecular weight is 639 g/mol. The van der Waals surface area contributed by atoms with Gasteiger partial charge in [0.2, 0.25) is 0 Å². The fraction of sp³-hybridized carbons (Fsp3) is 0. The quantitative estimate of drug-likeness (QED) is 0.188. The molecule has 10 aromatic rings. The van der Waals surface area contributed by atoms with Crippen molar-refractivity contribution in [3.8, 4) is 45.1 Å². The van der Waals surface area contributed by atoms with Crippen LogP contribution in [0.4, 0.5) is 0 Å². The maximum absolute atomic E-state index is 5.28. The molecule has 0 amide bonds. The van der Waals surface area contributed by atoms with Gasteiger partial charge in [0, 0.05) is 50.2 Å². The molecule has 0 aliphatic heterocycles. The van der Waals surface area contributed by atoms with Gasteiger partial charge in [0.1, 0.15) is 0 Å². The Labute approximate surface area is 289 Å². The maximum Gasteiger partial charge on any atom is 0.160 e. The molecule has 0 aliphatic carbocycles. The Bertz CT molecular complexity index is 2860. The second kappa shape index (κ2) is 11.4. The van der Waals surface area contributed by atoms with Crippen molar-refractivity contribution in [2.45, 2.75) is 0 Å². The smallest absolute Gasteiger partial charge is 0.160 e. The molecule has 234 valence electrons. The van der Waals surface area contributed by atoms with Crippen LogP contribution in [-0.2, 0) is 0 Å². The molecular formula is C46H30N4. The number of nitrogens with zero attached hydrogens (tertiary/aromatic N) is 4. The second-order valence-corrected chi connectivity index (χ2v) is 12.7. The van der Waals surface area contributed by atoms with Gasteiger partial charge in [0.25, 0.3) is 0 Å². The van der Waals surface area contributed by atoms with E-state index < -0.39 is 0 Å². The van der Waals surface area contributed by atoms with E-state index in [9.17, 15) is 0 Å². The lowest BCUT2D eigenvalue weighted by atomic mass is 9.99. The molecule has 4 nitrogen and oxygen atoms in total. The molecule has 3 heterocycles. The summed E-state index contributed by atoms with van der Waals surface area (Å²) >= 11 is 0. The molecular weight excluding hydrogens is 609 g/mol. The Hall–Kier alpha value is -6.78. The van der Waals surface area contributed by atoms with E-state index in [1.54, 1.807) is 0 Å². The number of hydrogen-bond acceptors (Lipinski definition) is 2. The molecule has 0 unspecified atom stereocenters. The van der Waals surface area contributed by atoms with Gasteiger partial charge in [0.15, 0.2) is 5.82 Å². The lowest BCUT2D eigenvalue weighted by Crippen LogP contribution is -1.98. The molecule has 0 atom stereocenters. The second-order valence-electron chi connectivity index (χ2n) is 12.7. The standard InChI is InChI=1S/C46H30N4/c1-3-13-31(14-4-1)33-15-11-16-34(29-33)44-38-21-7-9-23-40(38)47-46(48-44)35-17-12-20-37(30-35)50-41-24-10-8-22-39(41)43-42(50)26-25-32-27-28-49(45(32)43)36-18-5-2-6-19-36/h1-30H. The third kappa shape index (κ3) is 4.54. The normalized spacial score (nSPS) is 11.6. The van der Waals surface area contributed by atoms with E-state index in [0.29, 0.717) is 5.82 Å². The number of aromatic nitrogens is 4. The van der Waals surface area contributed by atoms with Crippen LogP contribution in [0, 0.1) is 0 Å². The third-order valence-corrected chi connectivity index (χ3v) is 9.73. The first-order chi connectivity index (χ1) is 24.8. The van der Waals surface area contributed by atoms with Crippen molar-refractivity contribution in [2.24, 2.45) is 0 Å². The van der Waals surface area contributed by atoms with Gasteiger partial charge in [-0.3, -0.25) is 0 Å². The first-order valence-electron chi connectivity index (χ1n) is 16.9. The minimum absolute atomic E-state index is 0.701. The highest BCUT2D eigenvalue weighted by Gasteiger charge is 2.19. The fourth-order valence-electron chi connectivity index (χ4n) is 7.45. The van der Waals surface area contributed by atoms with Crippen LogP contribution in [0.5, 0.6) is 0 Å². The molecule has 0 radical (unpaired) electrons. The van der Waals surface area contributed by atoms with Crippen LogP contribution in [0.15, 0.2) is 182 Å². The van der Waals surface area contributed by atoms with Crippen LogP contribution in [0.25, 0.3) is 88.8 Å². The molecule has 7 aromatic carbocycles. The number of rotatable bonds is 5. The first kappa shape index (κ1) is 28.3. The van der Waals surface area contributed by atoms with E-state index in [1.165, 1.54) is 27.2 Å². The van der Waals surface area contributed by atoms with Crippen LogP contribution in [0.2, 0.25) is 0 Å². The SMILES string of the molecule is c1ccc(-c2cccc(-c3nc(-c4cccc(-n5c6ccccc6c6c7c(ccc65)ccn7-c5ccccc5)c4)nc4ccccc34)c2)cc1. The highest BCUT2D eigenvalue weighted by molar-refractivity contribution is 6.20. The Morgan fingerprint density at radius 3 is 1.98 bits per heavy atom. The molecule has 0 fully saturated rings. The number of para-hydroxylation sites is 3. The Morgan fingerprint density at radius 2 is 1.10 bits per heavy atom. The molecule has 3 aromatic heterocycles. The highest BCUT2D eigenvalue weighted by Crippen LogP contribution is 2.39. The van der Waals surface area contributed by atoms with E-state index >= 15 is 0 Å². The predicted molar refractivity (Wildman–Crippen MR) is 207 cm³/mol. The van der Waals surface area contributed by atoms with E-state index in [1.807, 2.05) is 12.1 Å². The van der Waals surface area contributed by atoms with Gasteiger partial charge in [-0.1, -0.05) is 121 Å². The van der Waals surface area contributed by atoms with Gasteiger partial charge < -0.3 is 9.13 Å². The summed E-state index contributed by atoms with van der Waals surface area (Å²) in [6.45, 7) is 0. The van der Waals surface area contributed by atoms with Gasteiger partial charge in [-0.25, -0.2) is 9.97 Å². The number of hydrogen-bond donors (Lipinski definition) is 0. The molecule has 0 saturated heterocycles. The van der Waals surface area contributed by atoms with E-state index in [0.717, 1.165) is 55.7 Å². The summed E-state index contributed by atoms with van der Waals surface area (Å²) in [6, 6.07) is 62.1. The Morgan fingerprint density at radius 1 is 0.420 bits per heavy atom. The van der Waals surface area contributed by atoms with Crippen LogP contribution >= 0.6 is 0 Å². The molecule has 50 heavy (non-hydrogen) atoms. The van der Waals surface area contributed by atoms with Crippen LogP contribution in [0.3, 0.4) is 0 Å². The molecule has 4 heteroatoms. The molecule has 10 rings (SSSR count). The summed E-state index contributed by atoms with van der Waals surface area (Å²) in [5, 5.41) is 4.70. The zero-order valence-electron chi connectivity index (χ0n) is 27.1. The van der Waals surface area contributed by atoms with E-state index in [2.05, 4.69) is 179 Å². The fourth-order valence-corrected chi connectivity index (χ4v) is 7.45. The molecule has 0 N–H and O–H groups in total. The van der Waals surface area contributed by atoms with Crippen molar-refractivity contribution < 1.29 is 0 Å². The van der Waals surface area contributed by atoms with Crippen molar-refractivity contribution in [3.05, 3.63) is 182 Å². The van der Waals surface area contributed by atoms with Gasteiger partial charge in [-0.2, -0.15) is 0 Å². The predicted octanol–water partition coefficient (Wildman–Crippen LogP) is 11.7. The Kier molecular flexibility index (Phi) is 6.46. The summed E-state index contributed by atoms with van der Waals surface area (Å²) in [5.74, 6) is 0.701. The first-order valence-corrected chi connectivity index (χ1v) is 16.9. The lowest BCUT2D eigenvalue weighted by molar-refractivity contribution is 1.13. The van der Waals surface area contributed by atoms with Crippen LogP contribution in [0.1, 0.15) is 0 Å². The number of benzene rings is 7. The molecule has 0 aliphatic rings. The summed E-state index contributed by atoms with van der Waals surface area (Å²) in [7, 11) is 0. The van der Waals surface area contributed by atoms with Crippen molar-refractivity contribution >= 4 is 43.6 Å². The maximum atomic E-state index is 5.28. The van der Waals surface area contributed by atoms with E-state index in [-0.39, 0.29) is 0 Å². The van der Waals surface area contributed by atoms with Crippen molar-refractivity contribution in [1.29, 1.82) is 0 Å². The van der Waals surface area contributed by atoms with Gasteiger partial charge in [0.05, 0.1) is 27.8 Å². The summed E-state index contributed by atoms with van der Waals surface area (Å²) in [4.78, 5) is 10.4. The number of fused-ring (bicyclic) bond motifs is 6. The highest BCUT2D eigenvalue weighted by atomic mass is 15.0. The van der Waals surface area contributed by atoms with Gasteiger partial charge in [-0.05, 0) is 65.7 Å². The van der Waals surface area contributed by atoms with Gasteiger partial charge >= 0.3 is 0 Å². The lowest BCUT2D eigenvalue weighted by Gasteiger charge is -2.13. The van der Waals surface area contributed by atoms with Crippen molar-refractivity contribution in [3.63, 3.8) is 0 Å². The minimum atomic E-state index is 0.701. The summed E-state index contributed by atoms with van der Waals surface area (Å²) < 4.78 is 4.68. The van der Waals surface area contributed by atoms with Crippen LogP contribution in [-0.4, -0.2) is 19.1 Å². The summed E-state index contributed by atoms with van der Waals surface area (Å²) in [5.41, 5.74) is 12.0. The minimum Gasteiger partial charge on any atom is -0.316 e. The largest absolute Gasteiger partial charge is 0.316 e. The molecule has 0 bridgehead atoms. The van der Waals surface area contributed by atoms with Crippen LogP contribution < -0.4 is 0 Å². The Balaban J connectivity index is 1.17. The zero-order valence-corrected chi connectivity index (χ0v) is 27.1. The third-order valence-electron chi connectivity index (χ3n) is 9.73. The topological polar surface area (TPSA) is 35.6 Å². The van der Waals surface area contributed by atoms with Crippen molar-refractivity contribution in [1.82, 2.24) is 19.1 Å². The van der Waals surface area contributed by atoms with Gasteiger partial charge in [-0.15, -0.1) is 0 Å². The monoisotopic (exact) mass is 638 g/mol. The molecule has 0 spiro atoms. The zero-order chi connectivity index (χ0) is 33.0. The van der Waals surface area contributed by atoms with Crippen molar-refractivity contribution in [2.75, 3.05) is 0 Å². The molecule has 0 saturated carbocycles.